The molecular weight excluding hydrogens is 348 g/mol. The van der Waals surface area contributed by atoms with Gasteiger partial charge in [0.25, 0.3) is 0 Å². The fourth-order valence-corrected chi connectivity index (χ4v) is 4.10. The van der Waals surface area contributed by atoms with Gasteiger partial charge in [0.15, 0.2) is 11.6 Å². The Bertz CT molecular complexity index is 1030. The minimum absolute atomic E-state index is 0.0469. The lowest BCUT2D eigenvalue weighted by Crippen LogP contribution is -2.45. The van der Waals surface area contributed by atoms with Crippen molar-refractivity contribution in [2.24, 2.45) is 0 Å². The molecule has 0 heterocycles. The second-order valence-electron chi connectivity index (χ2n) is 7.27. The van der Waals surface area contributed by atoms with Gasteiger partial charge < -0.3 is 20.1 Å². The number of carbonyl (C=O) groups is 2. The molecule has 3 N–H and O–H groups in total. The van der Waals surface area contributed by atoms with Gasteiger partial charge in [0.2, 0.25) is 0 Å². The van der Waals surface area contributed by atoms with Crippen LogP contribution in [0.2, 0.25) is 0 Å². The number of hydrogen-bond acceptors (Lipinski definition) is 6. The SMILES string of the molecule is COc1cccc2c(O)c3c(cc12)C(=O)C1=C(C[C@@](O)(C(C)O)CC1)C3=O. The molecule has 27 heavy (non-hydrogen) atoms. The number of aliphatic hydroxyl groups is 2. The van der Waals surface area contributed by atoms with Gasteiger partial charge in [-0.05, 0) is 31.9 Å². The van der Waals surface area contributed by atoms with Gasteiger partial charge in [-0.15, -0.1) is 0 Å². The lowest BCUT2D eigenvalue weighted by Gasteiger charge is -2.38. The molecule has 2 aromatic rings. The first-order valence-corrected chi connectivity index (χ1v) is 8.83. The molecule has 6 nitrogen and oxygen atoms in total. The Morgan fingerprint density at radius 3 is 2.56 bits per heavy atom. The van der Waals surface area contributed by atoms with Gasteiger partial charge in [0, 0.05) is 33.9 Å². The summed E-state index contributed by atoms with van der Waals surface area (Å²) in [7, 11) is 1.50. The van der Waals surface area contributed by atoms with Crippen molar-refractivity contribution < 1.29 is 29.6 Å². The molecule has 0 amide bonds. The molecule has 0 saturated carbocycles. The molecule has 2 atom stereocenters. The Morgan fingerprint density at radius 1 is 1.15 bits per heavy atom. The zero-order chi connectivity index (χ0) is 19.5. The molecule has 1 unspecified atom stereocenters. The maximum atomic E-state index is 13.1. The Kier molecular flexibility index (Phi) is 3.87. The summed E-state index contributed by atoms with van der Waals surface area (Å²) >= 11 is 0. The molecule has 0 saturated heterocycles. The quantitative estimate of drug-likeness (QED) is 0.752. The molecule has 4 rings (SSSR count). The number of rotatable bonds is 2. The summed E-state index contributed by atoms with van der Waals surface area (Å²) in [6.07, 6.45) is -0.753. The predicted molar refractivity (Wildman–Crippen MR) is 98.3 cm³/mol. The van der Waals surface area contributed by atoms with Crippen molar-refractivity contribution in [1.29, 1.82) is 0 Å². The zero-order valence-corrected chi connectivity index (χ0v) is 15.1. The highest BCUT2D eigenvalue weighted by molar-refractivity contribution is 6.30. The van der Waals surface area contributed by atoms with Crippen molar-refractivity contribution >= 4 is 22.3 Å². The van der Waals surface area contributed by atoms with Crippen LogP contribution in [0.25, 0.3) is 10.8 Å². The highest BCUT2D eigenvalue weighted by atomic mass is 16.5. The summed E-state index contributed by atoms with van der Waals surface area (Å²) in [6, 6.07) is 6.65. The molecule has 2 aliphatic carbocycles. The number of fused-ring (bicyclic) bond motifs is 2. The summed E-state index contributed by atoms with van der Waals surface area (Å²) in [4.78, 5) is 26.2. The number of carbonyl (C=O) groups excluding carboxylic acids is 2. The van der Waals surface area contributed by atoms with E-state index >= 15 is 0 Å². The van der Waals surface area contributed by atoms with Crippen molar-refractivity contribution in [2.75, 3.05) is 7.11 Å². The number of hydrogen-bond donors (Lipinski definition) is 3. The maximum absolute atomic E-state index is 13.1. The first kappa shape index (κ1) is 17.7. The Hall–Kier alpha value is -2.70. The van der Waals surface area contributed by atoms with Crippen molar-refractivity contribution in [3.05, 3.63) is 46.5 Å². The van der Waals surface area contributed by atoms with Crippen molar-refractivity contribution in [2.45, 2.75) is 37.9 Å². The molecule has 0 bridgehead atoms. The minimum Gasteiger partial charge on any atom is -0.506 e. The molecule has 2 aliphatic rings. The Balaban J connectivity index is 1.94. The van der Waals surface area contributed by atoms with Crippen molar-refractivity contribution in [1.82, 2.24) is 0 Å². The lowest BCUT2D eigenvalue weighted by molar-refractivity contribution is -0.0736. The number of methoxy groups -OCH3 is 1. The summed E-state index contributed by atoms with van der Waals surface area (Å²) in [6.45, 7) is 1.46. The molecule has 6 heteroatoms. The number of Topliss-reactive ketones (excluding diaryl/α,β-unsaturated/α-hetero) is 2. The topological polar surface area (TPSA) is 104 Å². The zero-order valence-electron chi connectivity index (χ0n) is 15.1. The highest BCUT2D eigenvalue weighted by Gasteiger charge is 2.45. The first-order valence-electron chi connectivity index (χ1n) is 8.83. The van der Waals surface area contributed by atoms with Crippen LogP contribution < -0.4 is 4.74 Å². The second-order valence-corrected chi connectivity index (χ2v) is 7.27. The van der Waals surface area contributed by atoms with Crippen LogP contribution in [0, 0.1) is 0 Å². The highest BCUT2D eigenvalue weighted by Crippen LogP contribution is 2.45. The van der Waals surface area contributed by atoms with Gasteiger partial charge in [-0.1, -0.05) is 12.1 Å². The summed E-state index contributed by atoms with van der Waals surface area (Å²) < 4.78 is 5.32. The molecule has 0 fully saturated rings. The molecular formula is C21H20O6. The van der Waals surface area contributed by atoms with Crippen LogP contribution in [0.15, 0.2) is 35.4 Å². The first-order chi connectivity index (χ1) is 12.8. The van der Waals surface area contributed by atoms with E-state index in [1.165, 1.54) is 14.0 Å². The van der Waals surface area contributed by atoms with Crippen LogP contribution in [0.4, 0.5) is 0 Å². The number of allylic oxidation sites excluding steroid dienone is 1. The number of phenolic OH excluding ortho intramolecular Hbond substituents is 1. The fourth-order valence-electron chi connectivity index (χ4n) is 4.10. The third-order valence-corrected chi connectivity index (χ3v) is 5.79. The van der Waals surface area contributed by atoms with E-state index in [1.54, 1.807) is 24.3 Å². The van der Waals surface area contributed by atoms with E-state index in [4.69, 9.17) is 4.74 Å². The van der Waals surface area contributed by atoms with E-state index in [2.05, 4.69) is 0 Å². The minimum atomic E-state index is -1.46. The van der Waals surface area contributed by atoms with Gasteiger partial charge in [-0.25, -0.2) is 0 Å². The number of phenols is 1. The number of ether oxygens (including phenoxy) is 1. The van der Waals surface area contributed by atoms with Crippen LogP contribution in [-0.4, -0.2) is 45.7 Å². The second kappa shape index (κ2) is 5.90. The van der Waals surface area contributed by atoms with Crippen LogP contribution in [0.1, 0.15) is 46.9 Å². The number of aromatic hydroxyl groups is 1. The fraction of sp³-hybridized carbons (Fsp3) is 0.333. The number of benzene rings is 2. The van der Waals surface area contributed by atoms with Gasteiger partial charge in [0.05, 0.1) is 24.4 Å². The third-order valence-electron chi connectivity index (χ3n) is 5.79. The van der Waals surface area contributed by atoms with Gasteiger partial charge >= 0.3 is 0 Å². The van der Waals surface area contributed by atoms with E-state index in [9.17, 15) is 24.9 Å². The van der Waals surface area contributed by atoms with Crippen LogP contribution in [0.5, 0.6) is 11.5 Å². The van der Waals surface area contributed by atoms with E-state index in [-0.39, 0.29) is 47.5 Å². The van der Waals surface area contributed by atoms with Crippen molar-refractivity contribution in [3.63, 3.8) is 0 Å². The summed E-state index contributed by atoms with van der Waals surface area (Å²) in [5, 5.41) is 32.3. The van der Waals surface area contributed by atoms with E-state index in [1.807, 2.05) is 0 Å². The molecule has 2 aromatic carbocycles. The van der Waals surface area contributed by atoms with Gasteiger partial charge in [-0.3, -0.25) is 9.59 Å². The Morgan fingerprint density at radius 2 is 1.89 bits per heavy atom. The van der Waals surface area contributed by atoms with Crippen molar-refractivity contribution in [3.8, 4) is 11.5 Å². The smallest absolute Gasteiger partial charge is 0.194 e. The summed E-state index contributed by atoms with van der Waals surface area (Å²) in [5.74, 6) is -0.564. The average molecular weight is 368 g/mol. The van der Waals surface area contributed by atoms with Gasteiger partial charge in [0.1, 0.15) is 11.5 Å². The molecule has 0 aromatic heterocycles. The Labute approximate surface area is 155 Å². The molecule has 140 valence electrons. The molecule has 0 aliphatic heterocycles. The number of ketones is 2. The predicted octanol–water partition coefficient (Wildman–Crippen LogP) is 2.53. The number of aliphatic hydroxyl groups excluding tert-OH is 1. The van der Waals surface area contributed by atoms with Gasteiger partial charge in [-0.2, -0.15) is 0 Å². The van der Waals surface area contributed by atoms with Crippen LogP contribution in [0.3, 0.4) is 0 Å². The standard InChI is InChI=1S/C21H20O6/c1-10(22)21(26)7-6-12-15(9-21)20(25)17-14(18(12)23)8-13-11(19(17)24)4-3-5-16(13)27-2/h3-5,8,10,22,24,26H,6-7,9H2,1-2H3/t10?,21-/m1/s1. The monoisotopic (exact) mass is 368 g/mol. The largest absolute Gasteiger partial charge is 0.506 e. The lowest BCUT2D eigenvalue weighted by atomic mass is 9.70. The normalized spacial score (nSPS) is 23.3. The summed E-state index contributed by atoms with van der Waals surface area (Å²) in [5.41, 5.74) is -0.821. The van der Waals surface area contributed by atoms with Crippen LogP contribution in [-0.2, 0) is 0 Å². The van der Waals surface area contributed by atoms with E-state index < -0.39 is 17.5 Å². The maximum Gasteiger partial charge on any atom is 0.194 e. The third kappa shape index (κ3) is 2.40. The van der Waals surface area contributed by atoms with E-state index in [0.717, 1.165) is 0 Å². The van der Waals surface area contributed by atoms with Crippen LogP contribution >= 0.6 is 0 Å². The average Bonchev–Trinajstić information content (AvgIpc) is 2.65. The van der Waals surface area contributed by atoms with E-state index in [0.29, 0.717) is 22.1 Å². The molecule has 0 spiro atoms. The molecule has 0 radical (unpaired) electrons.